The van der Waals surface area contributed by atoms with E-state index in [0.29, 0.717) is 5.41 Å². The van der Waals surface area contributed by atoms with Crippen LogP contribution in [-0.4, -0.2) is 32.1 Å². The van der Waals surface area contributed by atoms with Crippen LogP contribution in [0.5, 0.6) is 5.75 Å². The number of likely N-dealkylation sites (tertiary alicyclic amines) is 1. The first kappa shape index (κ1) is 13.9. The number of rotatable bonds is 2. The molecule has 3 atom stereocenters. The molecule has 20 heavy (non-hydrogen) atoms. The number of fused-ring (bicyclic) bond motifs is 1. The maximum atomic E-state index is 5.46. The fraction of sp³-hybridized carbons (Fsp3) is 0.667. The van der Waals surface area contributed by atoms with Crippen LogP contribution in [0.3, 0.4) is 0 Å². The minimum absolute atomic E-state index is 0.388. The van der Waals surface area contributed by atoms with E-state index in [0.717, 1.165) is 17.6 Å². The summed E-state index contributed by atoms with van der Waals surface area (Å²) in [7, 11) is 4.04. The normalized spacial score (nSPS) is 34.5. The predicted octanol–water partition coefficient (Wildman–Crippen LogP) is 3.70. The van der Waals surface area contributed by atoms with E-state index in [9.17, 15) is 0 Å². The monoisotopic (exact) mass is 273 g/mol. The van der Waals surface area contributed by atoms with Crippen molar-refractivity contribution in [2.75, 3.05) is 27.2 Å². The highest BCUT2D eigenvalue weighted by atomic mass is 16.5. The number of hydrogen-bond acceptors (Lipinski definition) is 2. The fourth-order valence-corrected chi connectivity index (χ4v) is 4.51. The summed E-state index contributed by atoms with van der Waals surface area (Å²) in [6, 6.07) is 8.85. The van der Waals surface area contributed by atoms with E-state index in [1.807, 2.05) is 0 Å². The van der Waals surface area contributed by atoms with Gasteiger partial charge in [-0.1, -0.05) is 25.5 Å². The van der Waals surface area contributed by atoms with E-state index < -0.39 is 0 Å². The molecule has 2 aliphatic rings. The van der Waals surface area contributed by atoms with Gasteiger partial charge >= 0.3 is 0 Å². The molecule has 0 aromatic heterocycles. The van der Waals surface area contributed by atoms with Crippen molar-refractivity contribution in [3.8, 4) is 5.75 Å². The van der Waals surface area contributed by atoms with Gasteiger partial charge in [0.25, 0.3) is 0 Å². The summed E-state index contributed by atoms with van der Waals surface area (Å²) in [5.41, 5.74) is 1.90. The van der Waals surface area contributed by atoms with Crippen LogP contribution in [0.1, 0.15) is 38.2 Å². The summed E-state index contributed by atoms with van der Waals surface area (Å²) in [5.74, 6) is 2.66. The van der Waals surface area contributed by atoms with Gasteiger partial charge < -0.3 is 9.64 Å². The molecule has 0 amide bonds. The first-order chi connectivity index (χ1) is 9.64. The third-order valence-corrected chi connectivity index (χ3v) is 5.62. The molecule has 2 nitrogen and oxygen atoms in total. The van der Waals surface area contributed by atoms with Crippen LogP contribution in [0.15, 0.2) is 24.3 Å². The Morgan fingerprint density at radius 1 is 1.30 bits per heavy atom. The summed E-state index contributed by atoms with van der Waals surface area (Å²) < 4.78 is 5.46. The zero-order valence-corrected chi connectivity index (χ0v) is 13.1. The second-order valence-corrected chi connectivity index (χ2v) is 6.98. The van der Waals surface area contributed by atoms with Crippen LogP contribution >= 0.6 is 0 Å². The largest absolute Gasteiger partial charge is 0.497 e. The predicted molar refractivity (Wildman–Crippen MR) is 83.3 cm³/mol. The Kier molecular flexibility index (Phi) is 3.76. The Labute approximate surface area is 123 Å². The number of piperidine rings is 1. The Bertz CT molecular complexity index is 472. The second-order valence-electron chi connectivity index (χ2n) is 6.98. The zero-order valence-electron chi connectivity index (χ0n) is 13.1. The molecule has 1 aliphatic carbocycles. The van der Waals surface area contributed by atoms with Gasteiger partial charge in [0.05, 0.1) is 7.11 Å². The average molecular weight is 273 g/mol. The number of methoxy groups -OCH3 is 1. The fourth-order valence-electron chi connectivity index (χ4n) is 4.51. The molecule has 2 fully saturated rings. The maximum Gasteiger partial charge on any atom is 0.119 e. The van der Waals surface area contributed by atoms with Gasteiger partial charge in [-0.05, 0) is 62.4 Å². The van der Waals surface area contributed by atoms with E-state index in [2.05, 4.69) is 43.1 Å². The third kappa shape index (κ3) is 2.35. The quantitative estimate of drug-likeness (QED) is 0.814. The molecule has 1 aromatic carbocycles. The van der Waals surface area contributed by atoms with Crippen LogP contribution in [0.25, 0.3) is 0 Å². The van der Waals surface area contributed by atoms with E-state index in [-0.39, 0.29) is 0 Å². The van der Waals surface area contributed by atoms with Crippen molar-refractivity contribution in [3.05, 3.63) is 29.8 Å². The first-order valence-corrected chi connectivity index (χ1v) is 7.97. The van der Waals surface area contributed by atoms with E-state index in [1.165, 1.54) is 44.3 Å². The molecule has 1 saturated carbocycles. The highest BCUT2D eigenvalue weighted by molar-refractivity contribution is 5.36. The van der Waals surface area contributed by atoms with Crippen molar-refractivity contribution in [1.82, 2.24) is 4.90 Å². The zero-order chi connectivity index (χ0) is 14.2. The lowest BCUT2D eigenvalue weighted by Gasteiger charge is -2.52. The molecule has 110 valence electrons. The minimum atomic E-state index is 0.388. The van der Waals surface area contributed by atoms with Gasteiger partial charge in [-0.2, -0.15) is 0 Å². The molecule has 1 saturated heterocycles. The van der Waals surface area contributed by atoms with Gasteiger partial charge in [-0.3, -0.25) is 0 Å². The standard InChI is InChI=1S/C18H27NO/c1-14-7-8-16-13-19(2)10-9-18(16,12-14)15-5-4-6-17(11-15)20-3/h4-6,11,14,16H,7-10,12-13H2,1-3H3. The molecular weight excluding hydrogens is 246 g/mol. The molecule has 0 radical (unpaired) electrons. The molecule has 3 unspecified atom stereocenters. The summed E-state index contributed by atoms with van der Waals surface area (Å²) in [6.07, 6.45) is 5.41. The summed E-state index contributed by atoms with van der Waals surface area (Å²) in [6.45, 7) is 4.90. The van der Waals surface area contributed by atoms with Crippen LogP contribution in [0.2, 0.25) is 0 Å². The lowest BCUT2D eigenvalue weighted by Crippen LogP contribution is -2.51. The number of ether oxygens (including phenoxy) is 1. The number of benzene rings is 1. The lowest BCUT2D eigenvalue weighted by atomic mass is 9.57. The van der Waals surface area contributed by atoms with Crippen molar-refractivity contribution < 1.29 is 4.74 Å². The highest BCUT2D eigenvalue weighted by Crippen LogP contribution is 2.50. The van der Waals surface area contributed by atoms with Crippen molar-refractivity contribution in [3.63, 3.8) is 0 Å². The van der Waals surface area contributed by atoms with Gasteiger partial charge in [0.1, 0.15) is 5.75 Å². The van der Waals surface area contributed by atoms with Crippen molar-refractivity contribution in [2.45, 2.75) is 38.0 Å². The number of nitrogens with zero attached hydrogens (tertiary/aromatic N) is 1. The van der Waals surface area contributed by atoms with Crippen LogP contribution < -0.4 is 4.74 Å². The smallest absolute Gasteiger partial charge is 0.119 e. The van der Waals surface area contributed by atoms with E-state index in [1.54, 1.807) is 7.11 Å². The van der Waals surface area contributed by atoms with Crippen LogP contribution in [0.4, 0.5) is 0 Å². The van der Waals surface area contributed by atoms with Crippen LogP contribution in [-0.2, 0) is 5.41 Å². The van der Waals surface area contributed by atoms with Gasteiger partial charge in [-0.15, -0.1) is 0 Å². The van der Waals surface area contributed by atoms with Crippen molar-refractivity contribution >= 4 is 0 Å². The van der Waals surface area contributed by atoms with E-state index >= 15 is 0 Å². The Balaban J connectivity index is 1.99. The Morgan fingerprint density at radius 2 is 2.15 bits per heavy atom. The molecule has 3 rings (SSSR count). The third-order valence-electron chi connectivity index (χ3n) is 5.62. The molecule has 1 aliphatic heterocycles. The summed E-state index contributed by atoms with van der Waals surface area (Å²) in [4.78, 5) is 2.51. The second kappa shape index (κ2) is 5.40. The maximum absolute atomic E-state index is 5.46. The van der Waals surface area contributed by atoms with E-state index in [4.69, 9.17) is 4.74 Å². The topological polar surface area (TPSA) is 12.5 Å². The van der Waals surface area contributed by atoms with Crippen molar-refractivity contribution in [1.29, 1.82) is 0 Å². The molecule has 2 heteroatoms. The molecule has 1 heterocycles. The molecule has 0 N–H and O–H groups in total. The summed E-state index contributed by atoms with van der Waals surface area (Å²) >= 11 is 0. The molecule has 1 aromatic rings. The highest BCUT2D eigenvalue weighted by Gasteiger charge is 2.46. The minimum Gasteiger partial charge on any atom is -0.497 e. The summed E-state index contributed by atoms with van der Waals surface area (Å²) in [5, 5.41) is 0. The van der Waals surface area contributed by atoms with Crippen molar-refractivity contribution in [2.24, 2.45) is 11.8 Å². The molecular formula is C18H27NO. The van der Waals surface area contributed by atoms with Gasteiger partial charge in [-0.25, -0.2) is 0 Å². The SMILES string of the molecule is COc1cccc(C23CCN(C)CC2CCC(C)C3)c1. The first-order valence-electron chi connectivity index (χ1n) is 7.97. The molecule has 0 spiro atoms. The Hall–Kier alpha value is -1.02. The van der Waals surface area contributed by atoms with Crippen LogP contribution in [0, 0.1) is 11.8 Å². The van der Waals surface area contributed by atoms with Gasteiger partial charge in [0, 0.05) is 12.0 Å². The number of hydrogen-bond donors (Lipinski definition) is 0. The van der Waals surface area contributed by atoms with Gasteiger partial charge in [0.2, 0.25) is 0 Å². The average Bonchev–Trinajstić information content (AvgIpc) is 2.47. The Morgan fingerprint density at radius 3 is 2.95 bits per heavy atom. The molecule has 0 bridgehead atoms. The van der Waals surface area contributed by atoms with Gasteiger partial charge in [0.15, 0.2) is 0 Å². The lowest BCUT2D eigenvalue weighted by molar-refractivity contribution is 0.0506.